The number of aromatic nitrogens is 1. The average molecular weight is 288 g/mol. The number of likely N-dealkylation sites (N-methyl/N-ethyl adjacent to an activating group) is 1. The lowest BCUT2D eigenvalue weighted by molar-refractivity contribution is -0.147. The number of carbonyl (C=O) groups is 2. The molecule has 0 bridgehead atoms. The van der Waals surface area contributed by atoms with Gasteiger partial charge in [0.1, 0.15) is 5.52 Å². The molecule has 6 nitrogen and oxygen atoms in total. The molecule has 3 rings (SSSR count). The number of anilines is 1. The van der Waals surface area contributed by atoms with Gasteiger partial charge < -0.3 is 14.1 Å². The molecule has 1 amide bonds. The quantitative estimate of drug-likeness (QED) is 0.639. The van der Waals surface area contributed by atoms with Crippen LogP contribution in [0.15, 0.2) is 16.5 Å². The van der Waals surface area contributed by atoms with Crippen molar-refractivity contribution in [1.29, 1.82) is 0 Å². The third kappa shape index (κ3) is 1.98. The summed E-state index contributed by atoms with van der Waals surface area (Å²) in [7, 11) is 0. The number of hydrogen-bond acceptors (Lipinski definition) is 5. The maximum Gasteiger partial charge on any atom is 0.323 e. The highest BCUT2D eigenvalue weighted by molar-refractivity contribution is 6.17. The summed E-state index contributed by atoms with van der Waals surface area (Å²) >= 11 is 0. The fraction of sp³-hybridized carbons (Fsp3) is 0.400. The van der Waals surface area contributed by atoms with Gasteiger partial charge in [-0.05, 0) is 26.0 Å². The first-order valence-electron chi connectivity index (χ1n) is 6.95. The predicted molar refractivity (Wildman–Crippen MR) is 76.1 cm³/mol. The maximum atomic E-state index is 12.5. The Morgan fingerprint density at radius 2 is 2.19 bits per heavy atom. The smallest absolute Gasteiger partial charge is 0.323 e. The summed E-state index contributed by atoms with van der Waals surface area (Å²) in [5.41, 5.74) is 2.60. The first kappa shape index (κ1) is 13.6. The summed E-state index contributed by atoms with van der Waals surface area (Å²) in [6.07, 6.45) is 0. The van der Waals surface area contributed by atoms with Crippen LogP contribution < -0.4 is 4.90 Å². The summed E-state index contributed by atoms with van der Waals surface area (Å²) in [5.74, 6) is -1.13. The van der Waals surface area contributed by atoms with Crippen LogP contribution in [-0.4, -0.2) is 30.0 Å². The number of nitrogens with zero attached hydrogens (tertiary/aromatic N) is 2. The zero-order valence-corrected chi connectivity index (χ0v) is 12.2. The van der Waals surface area contributed by atoms with Crippen molar-refractivity contribution in [2.24, 2.45) is 0 Å². The molecule has 0 saturated carbocycles. The van der Waals surface area contributed by atoms with E-state index in [2.05, 4.69) is 4.98 Å². The molecule has 110 valence electrons. The lowest BCUT2D eigenvalue weighted by Crippen LogP contribution is -2.32. The topological polar surface area (TPSA) is 72.6 Å². The molecule has 1 aromatic heterocycles. The normalized spacial score (nSPS) is 17.4. The molecule has 2 heterocycles. The number of oxazole rings is 1. The summed E-state index contributed by atoms with van der Waals surface area (Å²) < 4.78 is 10.5. The van der Waals surface area contributed by atoms with Gasteiger partial charge in [-0.25, -0.2) is 4.98 Å². The third-order valence-electron chi connectivity index (χ3n) is 3.60. The van der Waals surface area contributed by atoms with Crippen LogP contribution in [-0.2, 0) is 14.3 Å². The van der Waals surface area contributed by atoms with Gasteiger partial charge in [0.05, 0.1) is 12.3 Å². The van der Waals surface area contributed by atoms with E-state index in [1.165, 1.54) is 0 Å². The summed E-state index contributed by atoms with van der Waals surface area (Å²) in [6, 6.07) is 3.52. The summed E-state index contributed by atoms with van der Waals surface area (Å²) in [5, 5.41) is 0. The largest absolute Gasteiger partial charge is 0.465 e. The van der Waals surface area contributed by atoms with E-state index in [-0.39, 0.29) is 12.5 Å². The Morgan fingerprint density at radius 3 is 2.86 bits per heavy atom. The minimum Gasteiger partial charge on any atom is -0.465 e. The number of benzene rings is 1. The summed E-state index contributed by atoms with van der Waals surface area (Å²) in [4.78, 5) is 30.4. The Kier molecular flexibility index (Phi) is 3.16. The number of rotatable bonds is 3. The molecular formula is C15H16N2O4. The molecule has 2 aromatic rings. The van der Waals surface area contributed by atoms with Crippen molar-refractivity contribution in [2.75, 3.05) is 18.1 Å². The van der Waals surface area contributed by atoms with Gasteiger partial charge in [-0.15, -0.1) is 0 Å². The Balaban J connectivity index is 2.17. The van der Waals surface area contributed by atoms with Crippen molar-refractivity contribution in [3.05, 3.63) is 23.6 Å². The maximum absolute atomic E-state index is 12.5. The molecular weight excluding hydrogens is 272 g/mol. The zero-order valence-electron chi connectivity index (χ0n) is 12.2. The van der Waals surface area contributed by atoms with Crippen molar-refractivity contribution in [2.45, 2.75) is 26.7 Å². The molecule has 1 unspecified atom stereocenters. The van der Waals surface area contributed by atoms with Crippen molar-refractivity contribution in [3.63, 3.8) is 0 Å². The van der Waals surface area contributed by atoms with E-state index < -0.39 is 11.9 Å². The van der Waals surface area contributed by atoms with E-state index in [0.29, 0.717) is 34.8 Å². The van der Waals surface area contributed by atoms with E-state index in [0.717, 1.165) is 0 Å². The second-order valence-electron chi connectivity index (χ2n) is 4.88. The predicted octanol–water partition coefficient (Wildman–Crippen LogP) is 2.15. The summed E-state index contributed by atoms with van der Waals surface area (Å²) in [6.45, 7) is 6.08. The number of hydrogen-bond donors (Lipinski definition) is 0. The monoisotopic (exact) mass is 288 g/mol. The molecule has 0 aliphatic carbocycles. The molecule has 0 N–H and O–H groups in total. The zero-order chi connectivity index (χ0) is 15.1. The molecule has 0 fully saturated rings. The second kappa shape index (κ2) is 4.87. The van der Waals surface area contributed by atoms with Gasteiger partial charge in [0.15, 0.2) is 17.4 Å². The van der Waals surface area contributed by atoms with Crippen LogP contribution in [0.2, 0.25) is 0 Å². The van der Waals surface area contributed by atoms with Gasteiger partial charge >= 0.3 is 5.97 Å². The van der Waals surface area contributed by atoms with E-state index in [9.17, 15) is 9.59 Å². The van der Waals surface area contributed by atoms with Crippen LogP contribution in [0.25, 0.3) is 11.1 Å². The van der Waals surface area contributed by atoms with Crippen molar-refractivity contribution in [3.8, 4) is 0 Å². The standard InChI is InChI=1S/C15H16N2O4/c1-4-17-11-7-10-12(21-8(3)16-10)6-9(11)13(14(17)18)15(19)20-5-2/h6-7,13H,4-5H2,1-3H3. The van der Waals surface area contributed by atoms with Crippen molar-refractivity contribution in [1.82, 2.24) is 4.98 Å². The second-order valence-corrected chi connectivity index (χ2v) is 4.88. The highest BCUT2D eigenvalue weighted by Gasteiger charge is 2.42. The fourth-order valence-electron chi connectivity index (χ4n) is 2.75. The van der Waals surface area contributed by atoms with Crippen LogP contribution in [0.4, 0.5) is 5.69 Å². The average Bonchev–Trinajstić information content (AvgIpc) is 2.91. The SMILES string of the molecule is CCOC(=O)C1C(=O)N(CC)c2cc3nc(C)oc3cc21. The van der Waals surface area contributed by atoms with Gasteiger partial charge in [-0.2, -0.15) is 0 Å². The Labute approximate surface area is 121 Å². The molecule has 0 saturated heterocycles. The van der Waals surface area contributed by atoms with Gasteiger partial charge in [0.25, 0.3) is 0 Å². The number of esters is 1. The number of amides is 1. The molecule has 0 radical (unpaired) electrons. The fourth-order valence-corrected chi connectivity index (χ4v) is 2.75. The lowest BCUT2D eigenvalue weighted by Gasteiger charge is -2.14. The minimum absolute atomic E-state index is 0.244. The van der Waals surface area contributed by atoms with Gasteiger partial charge in [-0.1, -0.05) is 0 Å². The number of ether oxygens (including phenoxy) is 1. The number of aryl methyl sites for hydroxylation is 1. The lowest BCUT2D eigenvalue weighted by atomic mass is 10.0. The number of fused-ring (bicyclic) bond motifs is 2. The molecule has 0 spiro atoms. The van der Waals surface area contributed by atoms with Crippen LogP contribution in [0.3, 0.4) is 0 Å². The van der Waals surface area contributed by atoms with Crippen LogP contribution in [0.5, 0.6) is 0 Å². The Bertz CT molecular complexity index is 735. The van der Waals surface area contributed by atoms with E-state index in [1.54, 1.807) is 30.9 Å². The van der Waals surface area contributed by atoms with E-state index >= 15 is 0 Å². The van der Waals surface area contributed by atoms with Crippen molar-refractivity contribution < 1.29 is 18.7 Å². The third-order valence-corrected chi connectivity index (χ3v) is 3.60. The molecule has 1 aromatic carbocycles. The van der Waals surface area contributed by atoms with Gasteiger partial charge in [-0.3, -0.25) is 9.59 Å². The van der Waals surface area contributed by atoms with Crippen molar-refractivity contribution >= 4 is 28.7 Å². The molecule has 1 aliphatic rings. The van der Waals surface area contributed by atoms with E-state index in [4.69, 9.17) is 9.15 Å². The Hall–Kier alpha value is -2.37. The number of carbonyl (C=O) groups excluding carboxylic acids is 2. The van der Waals surface area contributed by atoms with Gasteiger partial charge in [0, 0.05) is 19.0 Å². The molecule has 21 heavy (non-hydrogen) atoms. The van der Waals surface area contributed by atoms with Crippen LogP contribution >= 0.6 is 0 Å². The van der Waals surface area contributed by atoms with Crippen LogP contribution in [0.1, 0.15) is 31.2 Å². The first-order chi connectivity index (χ1) is 10.1. The molecule has 6 heteroatoms. The first-order valence-corrected chi connectivity index (χ1v) is 6.95. The highest BCUT2D eigenvalue weighted by atomic mass is 16.5. The highest BCUT2D eigenvalue weighted by Crippen LogP contribution is 2.40. The molecule has 1 atom stereocenters. The van der Waals surface area contributed by atoms with Gasteiger partial charge in [0.2, 0.25) is 5.91 Å². The van der Waals surface area contributed by atoms with E-state index in [1.807, 2.05) is 6.92 Å². The van der Waals surface area contributed by atoms with Crippen LogP contribution in [0, 0.1) is 6.92 Å². The minimum atomic E-state index is -0.908. The molecule has 1 aliphatic heterocycles. The Morgan fingerprint density at radius 1 is 1.43 bits per heavy atom.